The highest BCUT2D eigenvalue weighted by Crippen LogP contribution is 2.35. The third-order valence-electron chi connectivity index (χ3n) is 2.60. The van der Waals surface area contributed by atoms with Gasteiger partial charge >= 0.3 is 6.18 Å². The Bertz CT molecular complexity index is 520. The summed E-state index contributed by atoms with van der Waals surface area (Å²) in [7, 11) is 0. The van der Waals surface area contributed by atoms with Crippen molar-refractivity contribution in [1.82, 2.24) is 0 Å². The van der Waals surface area contributed by atoms with Crippen molar-refractivity contribution in [2.75, 3.05) is 0 Å². The topological polar surface area (TPSA) is 0 Å². The van der Waals surface area contributed by atoms with Crippen molar-refractivity contribution in [3.8, 4) is 0 Å². The van der Waals surface area contributed by atoms with E-state index in [1.165, 1.54) is 12.1 Å². The molecule has 94 valence electrons. The Morgan fingerprint density at radius 3 is 2.06 bits per heavy atom. The van der Waals surface area contributed by atoms with Crippen molar-refractivity contribution in [2.45, 2.75) is 11.0 Å². The summed E-state index contributed by atoms with van der Waals surface area (Å²) in [6, 6.07) is 14.7. The summed E-state index contributed by atoms with van der Waals surface area (Å²) >= 11 is 3.43. The molecule has 0 spiro atoms. The lowest BCUT2D eigenvalue weighted by Crippen LogP contribution is -2.05. The summed E-state index contributed by atoms with van der Waals surface area (Å²) in [5.41, 5.74) is 0.897. The first-order chi connectivity index (χ1) is 8.48. The number of rotatable bonds is 2. The molecular formula is C14H10BrF3. The molecule has 18 heavy (non-hydrogen) atoms. The maximum absolute atomic E-state index is 12.6. The van der Waals surface area contributed by atoms with Crippen LogP contribution in [0.5, 0.6) is 0 Å². The van der Waals surface area contributed by atoms with Crippen LogP contribution in [0.4, 0.5) is 13.2 Å². The van der Waals surface area contributed by atoms with E-state index in [1.54, 1.807) is 6.07 Å². The van der Waals surface area contributed by atoms with E-state index in [0.29, 0.717) is 5.56 Å². The van der Waals surface area contributed by atoms with Crippen LogP contribution < -0.4 is 0 Å². The largest absolute Gasteiger partial charge is 0.416 e. The van der Waals surface area contributed by atoms with Crippen molar-refractivity contribution in [1.29, 1.82) is 0 Å². The Morgan fingerprint density at radius 1 is 0.833 bits per heavy atom. The summed E-state index contributed by atoms with van der Waals surface area (Å²) in [6.07, 6.45) is -4.31. The minimum atomic E-state index is -4.31. The second-order valence-corrected chi connectivity index (χ2v) is 4.81. The first kappa shape index (κ1) is 13.1. The summed E-state index contributed by atoms with van der Waals surface area (Å²) in [5.74, 6) is 0. The monoisotopic (exact) mass is 314 g/mol. The molecule has 1 atom stereocenters. The minimum Gasteiger partial charge on any atom is -0.166 e. The quantitative estimate of drug-likeness (QED) is 0.669. The van der Waals surface area contributed by atoms with Crippen LogP contribution in [0, 0.1) is 0 Å². The fraction of sp³-hybridized carbons (Fsp3) is 0.143. The molecule has 0 saturated heterocycles. The molecule has 0 aromatic heterocycles. The molecule has 0 aliphatic rings. The third kappa shape index (κ3) is 2.93. The number of hydrogen-bond acceptors (Lipinski definition) is 0. The zero-order valence-corrected chi connectivity index (χ0v) is 10.9. The van der Waals surface area contributed by atoms with Gasteiger partial charge in [0.1, 0.15) is 0 Å². The van der Waals surface area contributed by atoms with E-state index in [2.05, 4.69) is 15.9 Å². The second-order valence-electron chi connectivity index (χ2n) is 3.90. The average molecular weight is 315 g/mol. The fourth-order valence-corrected chi connectivity index (χ4v) is 2.28. The van der Waals surface area contributed by atoms with Crippen LogP contribution in [0.25, 0.3) is 0 Å². The molecule has 0 radical (unpaired) electrons. The normalized spacial score (nSPS) is 13.3. The Kier molecular flexibility index (Phi) is 3.76. The number of alkyl halides is 4. The predicted molar refractivity (Wildman–Crippen MR) is 68.7 cm³/mol. The molecule has 0 saturated carbocycles. The highest BCUT2D eigenvalue weighted by atomic mass is 79.9. The van der Waals surface area contributed by atoms with Crippen LogP contribution in [0.3, 0.4) is 0 Å². The number of halogens is 4. The highest BCUT2D eigenvalue weighted by Gasteiger charge is 2.30. The van der Waals surface area contributed by atoms with Crippen LogP contribution in [0.1, 0.15) is 21.5 Å². The van der Waals surface area contributed by atoms with Gasteiger partial charge in [0.05, 0.1) is 10.4 Å². The maximum Gasteiger partial charge on any atom is 0.416 e. The minimum absolute atomic E-state index is 0.235. The molecule has 0 aliphatic heterocycles. The molecule has 0 nitrogen and oxygen atoms in total. The van der Waals surface area contributed by atoms with Gasteiger partial charge < -0.3 is 0 Å². The van der Waals surface area contributed by atoms with E-state index in [9.17, 15) is 13.2 Å². The highest BCUT2D eigenvalue weighted by molar-refractivity contribution is 9.09. The van der Waals surface area contributed by atoms with E-state index in [1.807, 2.05) is 30.3 Å². The van der Waals surface area contributed by atoms with Gasteiger partial charge in [0.2, 0.25) is 0 Å². The molecule has 0 bridgehead atoms. The molecule has 2 aromatic carbocycles. The SMILES string of the molecule is FC(F)(F)c1cccc([C@@H](Br)c2ccccc2)c1. The Hall–Kier alpha value is -1.29. The lowest BCUT2D eigenvalue weighted by Gasteiger charge is -2.13. The molecular weight excluding hydrogens is 305 g/mol. The molecule has 4 heteroatoms. The van der Waals surface area contributed by atoms with E-state index >= 15 is 0 Å². The van der Waals surface area contributed by atoms with Crippen molar-refractivity contribution in [3.05, 3.63) is 71.3 Å². The van der Waals surface area contributed by atoms with Crippen LogP contribution in [0.2, 0.25) is 0 Å². The molecule has 0 N–H and O–H groups in total. The molecule has 0 unspecified atom stereocenters. The first-order valence-electron chi connectivity index (χ1n) is 5.34. The fourth-order valence-electron chi connectivity index (χ4n) is 1.69. The summed E-state index contributed by atoms with van der Waals surface area (Å²) in [4.78, 5) is -0.235. The Morgan fingerprint density at radius 2 is 1.44 bits per heavy atom. The van der Waals surface area contributed by atoms with Gasteiger partial charge in [0.15, 0.2) is 0 Å². The molecule has 2 rings (SSSR count). The second kappa shape index (κ2) is 5.14. The lowest BCUT2D eigenvalue weighted by atomic mass is 10.0. The van der Waals surface area contributed by atoms with Crippen molar-refractivity contribution >= 4 is 15.9 Å². The van der Waals surface area contributed by atoms with Gasteiger partial charge in [-0.1, -0.05) is 64.5 Å². The van der Waals surface area contributed by atoms with E-state index in [0.717, 1.165) is 11.6 Å². The van der Waals surface area contributed by atoms with Gasteiger partial charge in [0.25, 0.3) is 0 Å². The van der Waals surface area contributed by atoms with Gasteiger partial charge in [-0.15, -0.1) is 0 Å². The first-order valence-corrected chi connectivity index (χ1v) is 6.26. The van der Waals surface area contributed by atoms with Crippen molar-refractivity contribution in [2.24, 2.45) is 0 Å². The Labute approximate surface area is 112 Å². The van der Waals surface area contributed by atoms with Gasteiger partial charge in [-0.3, -0.25) is 0 Å². The molecule has 0 amide bonds. The maximum atomic E-state index is 12.6. The van der Waals surface area contributed by atoms with Crippen LogP contribution in [-0.4, -0.2) is 0 Å². The van der Waals surface area contributed by atoms with Crippen molar-refractivity contribution in [3.63, 3.8) is 0 Å². The van der Waals surface area contributed by atoms with E-state index in [-0.39, 0.29) is 4.83 Å². The van der Waals surface area contributed by atoms with Gasteiger partial charge in [-0.25, -0.2) is 0 Å². The van der Waals surface area contributed by atoms with Gasteiger partial charge in [-0.2, -0.15) is 13.2 Å². The van der Waals surface area contributed by atoms with E-state index in [4.69, 9.17) is 0 Å². The van der Waals surface area contributed by atoms with Crippen LogP contribution >= 0.6 is 15.9 Å². The van der Waals surface area contributed by atoms with E-state index < -0.39 is 11.7 Å². The summed E-state index contributed by atoms with van der Waals surface area (Å²) < 4.78 is 37.9. The molecule has 2 aromatic rings. The molecule has 0 aliphatic carbocycles. The third-order valence-corrected chi connectivity index (χ3v) is 3.66. The Balaban J connectivity index is 2.35. The number of benzene rings is 2. The number of hydrogen-bond donors (Lipinski definition) is 0. The van der Waals surface area contributed by atoms with Gasteiger partial charge in [0, 0.05) is 0 Å². The van der Waals surface area contributed by atoms with Crippen LogP contribution in [0.15, 0.2) is 54.6 Å². The smallest absolute Gasteiger partial charge is 0.166 e. The van der Waals surface area contributed by atoms with Crippen molar-refractivity contribution < 1.29 is 13.2 Å². The molecule has 0 heterocycles. The zero-order chi connectivity index (χ0) is 13.2. The molecule has 0 fully saturated rings. The van der Waals surface area contributed by atoms with Crippen LogP contribution in [-0.2, 0) is 6.18 Å². The average Bonchev–Trinajstić information content (AvgIpc) is 2.38. The van der Waals surface area contributed by atoms with Gasteiger partial charge in [-0.05, 0) is 17.2 Å². The summed E-state index contributed by atoms with van der Waals surface area (Å²) in [5, 5.41) is 0. The summed E-state index contributed by atoms with van der Waals surface area (Å²) in [6.45, 7) is 0. The zero-order valence-electron chi connectivity index (χ0n) is 9.29. The predicted octanol–water partition coefficient (Wildman–Crippen LogP) is 5.19. The standard InChI is InChI=1S/C14H10BrF3/c15-13(10-5-2-1-3-6-10)11-7-4-8-12(9-11)14(16,17)18/h1-9,13H/t13-/m0/s1. The lowest BCUT2D eigenvalue weighted by molar-refractivity contribution is -0.137.